The molecule has 0 radical (unpaired) electrons. The minimum Gasteiger partial charge on any atom is -0.392 e. The summed E-state index contributed by atoms with van der Waals surface area (Å²) >= 11 is 0. The van der Waals surface area contributed by atoms with Crippen LogP contribution in [0.3, 0.4) is 0 Å². The molecule has 1 fully saturated rings. The standard InChI is InChI=1S/C11H14O/c12-11-8-4-7-10(11)9-5-2-1-3-6-9/h1-3,5-6,10-12H,4,7-8H2/i11D. The van der Waals surface area contributed by atoms with Gasteiger partial charge in [-0.1, -0.05) is 36.8 Å². The van der Waals surface area contributed by atoms with E-state index in [2.05, 4.69) is 0 Å². The van der Waals surface area contributed by atoms with Gasteiger partial charge in [0.2, 0.25) is 0 Å². The van der Waals surface area contributed by atoms with E-state index in [4.69, 9.17) is 1.37 Å². The number of hydrogen-bond donors (Lipinski definition) is 1. The molecule has 1 saturated carbocycles. The molecule has 0 aliphatic heterocycles. The molecule has 0 heterocycles. The molecule has 2 rings (SSSR count). The van der Waals surface area contributed by atoms with Crippen LogP contribution in [0.4, 0.5) is 0 Å². The average Bonchev–Trinajstić information content (AvgIpc) is 2.47. The highest BCUT2D eigenvalue weighted by molar-refractivity contribution is 5.21. The van der Waals surface area contributed by atoms with E-state index in [1.165, 1.54) is 0 Å². The Kier molecular flexibility index (Phi) is 1.82. The van der Waals surface area contributed by atoms with E-state index < -0.39 is 6.08 Å². The van der Waals surface area contributed by atoms with Crippen LogP contribution in [-0.4, -0.2) is 11.2 Å². The normalized spacial score (nSPS) is 36.4. The summed E-state index contributed by atoms with van der Waals surface area (Å²) in [6, 6.07) is 9.87. The second kappa shape index (κ2) is 3.28. The van der Waals surface area contributed by atoms with Gasteiger partial charge in [-0.25, -0.2) is 0 Å². The number of hydrogen-bond acceptors (Lipinski definition) is 1. The first-order valence-electron chi connectivity index (χ1n) is 4.97. The molecule has 64 valence electrons. The van der Waals surface area contributed by atoms with Crippen molar-refractivity contribution in [2.45, 2.75) is 31.3 Å². The van der Waals surface area contributed by atoms with Crippen LogP contribution in [0.5, 0.6) is 0 Å². The quantitative estimate of drug-likeness (QED) is 0.673. The zero-order valence-corrected chi connectivity index (χ0v) is 7.03. The van der Waals surface area contributed by atoms with Crippen LogP contribution in [0.2, 0.25) is 0 Å². The van der Waals surface area contributed by atoms with Crippen LogP contribution in [-0.2, 0) is 0 Å². The SMILES string of the molecule is [2H]C1(O)CCCC1c1ccccc1. The van der Waals surface area contributed by atoms with Crippen molar-refractivity contribution in [2.24, 2.45) is 0 Å². The summed E-state index contributed by atoms with van der Waals surface area (Å²) in [5, 5.41) is 9.77. The van der Waals surface area contributed by atoms with Crippen LogP contribution < -0.4 is 0 Å². The maximum Gasteiger partial charge on any atom is 0.0608 e. The molecule has 1 nitrogen and oxygen atoms in total. The summed E-state index contributed by atoms with van der Waals surface area (Å²) in [5.41, 5.74) is 1.09. The molecule has 2 unspecified atom stereocenters. The van der Waals surface area contributed by atoms with Gasteiger partial charge in [-0.3, -0.25) is 0 Å². The van der Waals surface area contributed by atoms with Crippen molar-refractivity contribution in [1.29, 1.82) is 0 Å². The third kappa shape index (κ3) is 1.37. The van der Waals surface area contributed by atoms with E-state index in [0.717, 1.165) is 18.4 Å². The first-order valence-corrected chi connectivity index (χ1v) is 4.47. The minimum atomic E-state index is -1.23. The van der Waals surface area contributed by atoms with Crippen LogP contribution >= 0.6 is 0 Å². The Labute approximate surface area is 74.4 Å². The maximum absolute atomic E-state index is 9.77. The molecular weight excluding hydrogens is 148 g/mol. The fourth-order valence-corrected chi connectivity index (χ4v) is 1.87. The highest BCUT2D eigenvalue weighted by atomic mass is 16.3. The van der Waals surface area contributed by atoms with Gasteiger partial charge in [0.25, 0.3) is 0 Å². The predicted octanol–water partition coefficient (Wildman–Crippen LogP) is 2.32. The van der Waals surface area contributed by atoms with Gasteiger partial charge in [-0.05, 0) is 18.4 Å². The Bertz CT molecular complexity index is 281. The molecular formula is C11H14O. The Morgan fingerprint density at radius 2 is 2.00 bits per heavy atom. The molecule has 1 aromatic carbocycles. The predicted molar refractivity (Wildman–Crippen MR) is 49.0 cm³/mol. The molecule has 0 aromatic heterocycles. The van der Waals surface area contributed by atoms with E-state index in [0.29, 0.717) is 6.42 Å². The highest BCUT2D eigenvalue weighted by Gasteiger charge is 2.25. The summed E-state index contributed by atoms with van der Waals surface area (Å²) in [4.78, 5) is 0. The topological polar surface area (TPSA) is 20.2 Å². The van der Waals surface area contributed by atoms with Gasteiger partial charge in [0.05, 0.1) is 7.45 Å². The van der Waals surface area contributed by atoms with Crippen LogP contribution in [0.25, 0.3) is 0 Å². The van der Waals surface area contributed by atoms with Gasteiger partial charge in [0, 0.05) is 5.92 Å². The zero-order valence-electron chi connectivity index (χ0n) is 8.03. The Morgan fingerprint density at radius 3 is 2.58 bits per heavy atom. The van der Waals surface area contributed by atoms with Gasteiger partial charge in [-0.15, -0.1) is 0 Å². The number of aliphatic hydroxyl groups is 1. The van der Waals surface area contributed by atoms with Gasteiger partial charge in [0.15, 0.2) is 0 Å². The van der Waals surface area contributed by atoms with Crippen molar-refractivity contribution >= 4 is 0 Å². The van der Waals surface area contributed by atoms with Gasteiger partial charge in [0.1, 0.15) is 0 Å². The first-order chi connectivity index (χ1) is 6.20. The van der Waals surface area contributed by atoms with Crippen molar-refractivity contribution in [2.75, 3.05) is 0 Å². The molecule has 0 amide bonds. The summed E-state index contributed by atoms with van der Waals surface area (Å²) in [5.74, 6) is 0.00806. The highest BCUT2D eigenvalue weighted by Crippen LogP contribution is 2.34. The fraction of sp³-hybridized carbons (Fsp3) is 0.455. The first kappa shape index (κ1) is 6.67. The molecule has 0 spiro atoms. The Balaban J connectivity index is 2.27. The molecule has 1 heteroatoms. The molecule has 1 aromatic rings. The lowest BCUT2D eigenvalue weighted by atomic mass is 9.96. The molecule has 1 N–H and O–H groups in total. The Hall–Kier alpha value is -0.820. The maximum atomic E-state index is 9.77. The van der Waals surface area contributed by atoms with Crippen molar-refractivity contribution in [3.05, 3.63) is 35.9 Å². The van der Waals surface area contributed by atoms with E-state index in [9.17, 15) is 5.11 Å². The second-order valence-electron chi connectivity index (χ2n) is 3.35. The summed E-state index contributed by atoms with van der Waals surface area (Å²) < 4.78 is 7.74. The van der Waals surface area contributed by atoms with Crippen molar-refractivity contribution in [3.8, 4) is 0 Å². The third-order valence-corrected chi connectivity index (χ3v) is 2.53. The van der Waals surface area contributed by atoms with Crippen molar-refractivity contribution < 1.29 is 6.48 Å². The smallest absolute Gasteiger partial charge is 0.0608 e. The Morgan fingerprint density at radius 1 is 1.25 bits per heavy atom. The number of rotatable bonds is 1. The van der Waals surface area contributed by atoms with Gasteiger partial charge >= 0.3 is 0 Å². The van der Waals surface area contributed by atoms with Gasteiger partial charge in [-0.2, -0.15) is 0 Å². The van der Waals surface area contributed by atoms with Crippen LogP contribution in [0.1, 0.15) is 32.1 Å². The minimum absolute atomic E-state index is 0.00806. The van der Waals surface area contributed by atoms with E-state index >= 15 is 0 Å². The summed E-state index contributed by atoms with van der Waals surface area (Å²) in [6.07, 6.45) is 1.26. The second-order valence-corrected chi connectivity index (χ2v) is 3.35. The zero-order chi connectivity index (χ0) is 9.31. The molecule has 12 heavy (non-hydrogen) atoms. The average molecular weight is 163 g/mol. The van der Waals surface area contributed by atoms with Crippen molar-refractivity contribution in [3.63, 3.8) is 0 Å². The third-order valence-electron chi connectivity index (χ3n) is 2.53. The fourth-order valence-electron chi connectivity index (χ4n) is 1.87. The summed E-state index contributed by atoms with van der Waals surface area (Å²) in [7, 11) is 0. The van der Waals surface area contributed by atoms with Crippen LogP contribution in [0, 0.1) is 0 Å². The molecule has 2 atom stereocenters. The largest absolute Gasteiger partial charge is 0.392 e. The molecule has 0 bridgehead atoms. The van der Waals surface area contributed by atoms with Crippen LogP contribution in [0.15, 0.2) is 30.3 Å². The molecule has 1 aliphatic carbocycles. The lowest BCUT2D eigenvalue weighted by molar-refractivity contribution is 0.164. The molecule has 0 saturated heterocycles. The van der Waals surface area contributed by atoms with E-state index in [1.54, 1.807) is 0 Å². The lowest BCUT2D eigenvalue weighted by Gasteiger charge is -2.13. The monoisotopic (exact) mass is 163 g/mol. The van der Waals surface area contributed by atoms with E-state index in [-0.39, 0.29) is 5.92 Å². The molecule has 1 aliphatic rings. The lowest BCUT2D eigenvalue weighted by Crippen LogP contribution is -2.10. The number of benzene rings is 1. The van der Waals surface area contributed by atoms with Gasteiger partial charge < -0.3 is 5.11 Å². The van der Waals surface area contributed by atoms with Crippen molar-refractivity contribution in [1.82, 2.24) is 0 Å². The summed E-state index contributed by atoms with van der Waals surface area (Å²) in [6.45, 7) is 0. The van der Waals surface area contributed by atoms with E-state index in [1.807, 2.05) is 30.3 Å².